The Kier molecular flexibility index (Phi) is 2.86. The zero-order valence-corrected chi connectivity index (χ0v) is 9.27. The Morgan fingerprint density at radius 2 is 1.94 bits per heavy atom. The number of rotatable bonds is 1. The summed E-state index contributed by atoms with van der Waals surface area (Å²) in [6.07, 6.45) is 1.44. The van der Waals surface area contributed by atoms with Crippen LogP contribution in [0.15, 0.2) is 18.3 Å². The standard InChI is InChI=1S/C11H11N3O3/c1-7-2-3-8(4-12-7)11(17)14-5-9(15)13-10(16)6-14/h2-4H,5-6H2,1H3,(H,13,15,16). The van der Waals surface area contributed by atoms with Gasteiger partial charge < -0.3 is 4.90 Å². The van der Waals surface area contributed by atoms with Crippen LogP contribution in [-0.2, 0) is 9.59 Å². The van der Waals surface area contributed by atoms with Gasteiger partial charge in [0.15, 0.2) is 0 Å². The van der Waals surface area contributed by atoms with E-state index in [1.807, 2.05) is 6.92 Å². The molecule has 0 aliphatic carbocycles. The Morgan fingerprint density at radius 3 is 2.47 bits per heavy atom. The van der Waals surface area contributed by atoms with Crippen molar-refractivity contribution in [3.05, 3.63) is 29.6 Å². The number of piperazine rings is 1. The number of imide groups is 1. The number of aryl methyl sites for hydroxylation is 1. The van der Waals surface area contributed by atoms with E-state index in [0.29, 0.717) is 5.56 Å². The number of amides is 3. The van der Waals surface area contributed by atoms with Gasteiger partial charge >= 0.3 is 0 Å². The molecular weight excluding hydrogens is 222 g/mol. The van der Waals surface area contributed by atoms with Crippen LogP contribution in [-0.4, -0.2) is 40.7 Å². The van der Waals surface area contributed by atoms with E-state index in [4.69, 9.17) is 0 Å². The molecule has 0 saturated carbocycles. The summed E-state index contributed by atoms with van der Waals surface area (Å²) >= 11 is 0. The van der Waals surface area contributed by atoms with E-state index in [1.165, 1.54) is 11.1 Å². The fourth-order valence-corrected chi connectivity index (χ4v) is 1.56. The van der Waals surface area contributed by atoms with Crippen molar-refractivity contribution in [3.8, 4) is 0 Å². The SMILES string of the molecule is Cc1ccc(C(=O)N2CC(=O)NC(=O)C2)cn1. The lowest BCUT2D eigenvalue weighted by Crippen LogP contribution is -2.53. The number of nitrogens with one attached hydrogen (secondary N) is 1. The molecule has 6 nitrogen and oxygen atoms in total. The molecule has 88 valence electrons. The highest BCUT2D eigenvalue weighted by Crippen LogP contribution is 2.06. The lowest BCUT2D eigenvalue weighted by molar-refractivity contribution is -0.135. The van der Waals surface area contributed by atoms with Crippen LogP contribution >= 0.6 is 0 Å². The van der Waals surface area contributed by atoms with Gasteiger partial charge in [-0.1, -0.05) is 0 Å². The molecule has 1 aromatic rings. The largest absolute Gasteiger partial charge is 0.320 e. The number of hydrogen-bond acceptors (Lipinski definition) is 4. The van der Waals surface area contributed by atoms with Crippen molar-refractivity contribution < 1.29 is 14.4 Å². The zero-order chi connectivity index (χ0) is 12.4. The van der Waals surface area contributed by atoms with Gasteiger partial charge in [0.25, 0.3) is 5.91 Å². The van der Waals surface area contributed by atoms with Gasteiger partial charge in [-0.3, -0.25) is 24.7 Å². The van der Waals surface area contributed by atoms with Crippen LogP contribution in [0.4, 0.5) is 0 Å². The molecule has 0 atom stereocenters. The molecule has 0 radical (unpaired) electrons. The molecule has 1 N–H and O–H groups in total. The maximum absolute atomic E-state index is 12.0. The monoisotopic (exact) mass is 233 g/mol. The van der Waals surface area contributed by atoms with Crippen LogP contribution < -0.4 is 5.32 Å². The van der Waals surface area contributed by atoms with Crippen LogP contribution in [0.1, 0.15) is 16.1 Å². The maximum atomic E-state index is 12.0. The van der Waals surface area contributed by atoms with Crippen molar-refractivity contribution in [3.63, 3.8) is 0 Å². The molecule has 0 spiro atoms. The van der Waals surface area contributed by atoms with Crippen molar-refractivity contribution in [2.24, 2.45) is 0 Å². The quantitative estimate of drug-likeness (QED) is 0.662. The third-order valence-electron chi connectivity index (χ3n) is 2.39. The molecule has 1 aromatic heterocycles. The Morgan fingerprint density at radius 1 is 1.29 bits per heavy atom. The van der Waals surface area contributed by atoms with Gasteiger partial charge in [0.2, 0.25) is 11.8 Å². The first-order chi connectivity index (χ1) is 8.06. The van der Waals surface area contributed by atoms with Crippen molar-refractivity contribution >= 4 is 17.7 Å². The van der Waals surface area contributed by atoms with E-state index in [1.54, 1.807) is 12.1 Å². The minimum Gasteiger partial charge on any atom is -0.320 e. The maximum Gasteiger partial charge on any atom is 0.256 e. The lowest BCUT2D eigenvalue weighted by Gasteiger charge is -2.25. The molecule has 0 aromatic carbocycles. The average Bonchev–Trinajstić information content (AvgIpc) is 2.28. The third kappa shape index (κ3) is 2.47. The van der Waals surface area contributed by atoms with Gasteiger partial charge in [0.05, 0.1) is 5.56 Å². The van der Waals surface area contributed by atoms with Crippen LogP contribution in [0.25, 0.3) is 0 Å². The van der Waals surface area contributed by atoms with E-state index < -0.39 is 11.8 Å². The van der Waals surface area contributed by atoms with Crippen molar-refractivity contribution in [1.29, 1.82) is 0 Å². The Bertz CT molecular complexity index is 465. The number of carbonyl (C=O) groups excluding carboxylic acids is 3. The Labute approximate surface area is 97.6 Å². The Balaban J connectivity index is 2.17. The predicted octanol–water partition coefficient (Wildman–Crippen LogP) is -0.511. The van der Waals surface area contributed by atoms with E-state index in [9.17, 15) is 14.4 Å². The van der Waals surface area contributed by atoms with Crippen LogP contribution in [0, 0.1) is 6.92 Å². The zero-order valence-electron chi connectivity index (χ0n) is 9.27. The van der Waals surface area contributed by atoms with Gasteiger partial charge in [-0.15, -0.1) is 0 Å². The molecule has 1 aliphatic rings. The van der Waals surface area contributed by atoms with Gasteiger partial charge in [0, 0.05) is 11.9 Å². The summed E-state index contributed by atoms with van der Waals surface area (Å²) in [5, 5.41) is 2.14. The third-order valence-corrected chi connectivity index (χ3v) is 2.39. The molecule has 6 heteroatoms. The molecule has 1 aliphatic heterocycles. The summed E-state index contributed by atoms with van der Waals surface area (Å²) in [5.41, 5.74) is 1.17. The normalized spacial score (nSPS) is 15.7. The summed E-state index contributed by atoms with van der Waals surface area (Å²) in [7, 11) is 0. The van der Waals surface area contributed by atoms with Crippen LogP contribution in [0.2, 0.25) is 0 Å². The highest BCUT2D eigenvalue weighted by atomic mass is 16.2. The molecule has 0 bridgehead atoms. The number of carbonyl (C=O) groups is 3. The van der Waals surface area contributed by atoms with Gasteiger partial charge in [-0.25, -0.2) is 0 Å². The van der Waals surface area contributed by atoms with Crippen molar-refractivity contribution in [2.75, 3.05) is 13.1 Å². The number of pyridine rings is 1. The summed E-state index contributed by atoms with van der Waals surface area (Å²) in [6, 6.07) is 3.33. The van der Waals surface area contributed by atoms with Crippen LogP contribution in [0.3, 0.4) is 0 Å². The fraction of sp³-hybridized carbons (Fsp3) is 0.273. The minimum absolute atomic E-state index is 0.0988. The van der Waals surface area contributed by atoms with E-state index >= 15 is 0 Å². The molecular formula is C11H11N3O3. The van der Waals surface area contributed by atoms with Crippen LogP contribution in [0.5, 0.6) is 0 Å². The minimum atomic E-state index is -0.463. The number of aromatic nitrogens is 1. The van der Waals surface area contributed by atoms with Gasteiger partial charge in [0.1, 0.15) is 13.1 Å². The molecule has 1 fully saturated rings. The first-order valence-corrected chi connectivity index (χ1v) is 5.11. The first kappa shape index (κ1) is 11.3. The number of nitrogens with zero attached hydrogens (tertiary/aromatic N) is 2. The summed E-state index contributed by atoms with van der Waals surface area (Å²) in [4.78, 5) is 39.4. The molecule has 2 heterocycles. The summed E-state index contributed by atoms with van der Waals surface area (Å²) < 4.78 is 0. The predicted molar refractivity (Wildman–Crippen MR) is 58.0 cm³/mol. The topological polar surface area (TPSA) is 79.4 Å². The molecule has 1 saturated heterocycles. The highest BCUT2D eigenvalue weighted by Gasteiger charge is 2.26. The van der Waals surface area contributed by atoms with Crippen molar-refractivity contribution in [2.45, 2.75) is 6.92 Å². The van der Waals surface area contributed by atoms with Crippen molar-refractivity contribution in [1.82, 2.24) is 15.2 Å². The summed E-state index contributed by atoms with van der Waals surface area (Å²) in [6.45, 7) is 1.61. The second kappa shape index (κ2) is 4.32. The second-order valence-electron chi connectivity index (χ2n) is 3.82. The van der Waals surface area contributed by atoms with Gasteiger partial charge in [-0.05, 0) is 19.1 Å². The second-order valence-corrected chi connectivity index (χ2v) is 3.82. The summed E-state index contributed by atoms with van der Waals surface area (Å²) in [5.74, 6) is -1.29. The first-order valence-electron chi connectivity index (χ1n) is 5.11. The molecule has 3 amide bonds. The van der Waals surface area contributed by atoms with E-state index in [2.05, 4.69) is 10.3 Å². The lowest BCUT2D eigenvalue weighted by atomic mass is 10.2. The fourth-order valence-electron chi connectivity index (χ4n) is 1.56. The molecule has 0 unspecified atom stereocenters. The van der Waals surface area contributed by atoms with E-state index in [0.717, 1.165) is 5.69 Å². The number of hydrogen-bond donors (Lipinski definition) is 1. The smallest absolute Gasteiger partial charge is 0.256 e. The molecule has 2 rings (SSSR count). The molecule has 17 heavy (non-hydrogen) atoms. The van der Waals surface area contributed by atoms with E-state index in [-0.39, 0.29) is 19.0 Å². The Hall–Kier alpha value is -2.24. The highest BCUT2D eigenvalue weighted by molar-refractivity contribution is 6.05. The van der Waals surface area contributed by atoms with Gasteiger partial charge in [-0.2, -0.15) is 0 Å². The average molecular weight is 233 g/mol.